The lowest BCUT2D eigenvalue weighted by molar-refractivity contribution is -0.145. The van der Waals surface area contributed by atoms with Crippen LogP contribution in [0.3, 0.4) is 0 Å². The normalized spacial score (nSPS) is 12.9. The summed E-state index contributed by atoms with van der Waals surface area (Å²) in [4.78, 5) is 32.6. The number of ether oxygens (including phenoxy) is 3. The van der Waals surface area contributed by atoms with Crippen LogP contribution in [0.15, 0.2) is 42.5 Å². The van der Waals surface area contributed by atoms with Gasteiger partial charge in [0.05, 0.1) is 19.6 Å². The zero-order valence-electron chi connectivity index (χ0n) is 14.2. The van der Waals surface area contributed by atoms with Crippen molar-refractivity contribution in [1.82, 2.24) is 0 Å². The summed E-state index contributed by atoms with van der Waals surface area (Å²) in [6.45, 7) is 5.42. The van der Waals surface area contributed by atoms with Crippen LogP contribution in [-0.4, -0.2) is 49.4 Å². The van der Waals surface area contributed by atoms with E-state index in [4.69, 9.17) is 14.2 Å². The molecule has 0 spiro atoms. The smallest absolute Gasteiger partial charge is 0.333 e. The second kappa shape index (κ2) is 10.8. The molecular weight excluding hydrogens is 347 g/mol. The third-order valence-corrected chi connectivity index (χ3v) is 5.01. The second-order valence-electron chi connectivity index (χ2n) is 5.26. The third-order valence-electron chi connectivity index (χ3n) is 3.08. The molecule has 0 bridgehead atoms. The highest BCUT2D eigenvalue weighted by molar-refractivity contribution is 7.66. The van der Waals surface area contributed by atoms with Crippen LogP contribution in [0.2, 0.25) is 0 Å². The van der Waals surface area contributed by atoms with Gasteiger partial charge in [0.2, 0.25) is 7.37 Å². The average Bonchev–Trinajstić information content (AvgIpc) is 2.59. The molecule has 0 saturated heterocycles. The van der Waals surface area contributed by atoms with Crippen LogP contribution in [0.5, 0.6) is 0 Å². The molecule has 1 unspecified atom stereocenters. The maximum Gasteiger partial charge on any atom is 0.333 e. The molecule has 8 heteroatoms. The number of hydrogen-bond donors (Lipinski definition) is 1. The van der Waals surface area contributed by atoms with E-state index in [0.29, 0.717) is 10.9 Å². The molecule has 0 aliphatic carbocycles. The number of carbonyl (C=O) groups excluding carboxylic acids is 2. The molecule has 0 aliphatic rings. The Hall–Kier alpha value is -1.95. The SMILES string of the molecule is C=C(C)C(=O)OCCOCCOC(=O)CCP(=O)(O)c1ccccc1. The van der Waals surface area contributed by atoms with Crippen LogP contribution in [0.4, 0.5) is 0 Å². The molecule has 0 saturated carbocycles. The van der Waals surface area contributed by atoms with Gasteiger partial charge in [-0.25, -0.2) is 4.79 Å². The number of hydrogen-bond acceptors (Lipinski definition) is 6. The van der Waals surface area contributed by atoms with E-state index in [0.717, 1.165) is 0 Å². The minimum absolute atomic E-state index is 0.0222. The van der Waals surface area contributed by atoms with Gasteiger partial charge in [0.25, 0.3) is 0 Å². The van der Waals surface area contributed by atoms with Crippen LogP contribution < -0.4 is 5.30 Å². The molecule has 0 fully saturated rings. The molecule has 1 aromatic rings. The number of carbonyl (C=O) groups is 2. The summed E-state index contributed by atoms with van der Waals surface area (Å²) in [5.41, 5.74) is 0.311. The Morgan fingerprint density at radius 2 is 1.68 bits per heavy atom. The first kappa shape index (κ1) is 21.1. The van der Waals surface area contributed by atoms with Crippen molar-refractivity contribution in [3.8, 4) is 0 Å². The summed E-state index contributed by atoms with van der Waals surface area (Å²) < 4.78 is 27.0. The molecule has 7 nitrogen and oxygen atoms in total. The Balaban J connectivity index is 2.12. The van der Waals surface area contributed by atoms with E-state index in [9.17, 15) is 19.0 Å². The average molecular weight is 370 g/mol. The van der Waals surface area contributed by atoms with Crippen LogP contribution in [0, 0.1) is 0 Å². The summed E-state index contributed by atoms with van der Waals surface area (Å²) in [6, 6.07) is 8.20. The molecule has 0 radical (unpaired) electrons. The van der Waals surface area contributed by atoms with E-state index < -0.39 is 19.3 Å². The van der Waals surface area contributed by atoms with Gasteiger partial charge >= 0.3 is 11.9 Å². The van der Waals surface area contributed by atoms with Gasteiger partial charge in [-0.2, -0.15) is 0 Å². The molecular formula is C17H23O7P. The predicted octanol–water partition coefficient (Wildman–Crippen LogP) is 1.65. The Kier molecular flexibility index (Phi) is 9.13. The number of rotatable bonds is 11. The van der Waals surface area contributed by atoms with E-state index in [1.807, 2.05) is 0 Å². The molecule has 1 aromatic carbocycles. The lowest BCUT2D eigenvalue weighted by atomic mass is 10.4. The Morgan fingerprint density at radius 3 is 2.28 bits per heavy atom. The predicted molar refractivity (Wildman–Crippen MR) is 92.9 cm³/mol. The minimum atomic E-state index is -3.56. The first-order valence-electron chi connectivity index (χ1n) is 7.76. The summed E-state index contributed by atoms with van der Waals surface area (Å²) in [5, 5.41) is 0.315. The Morgan fingerprint density at radius 1 is 1.08 bits per heavy atom. The molecule has 1 N–H and O–H groups in total. The highest BCUT2D eigenvalue weighted by atomic mass is 31.2. The van der Waals surface area contributed by atoms with Crippen LogP contribution in [0.25, 0.3) is 0 Å². The van der Waals surface area contributed by atoms with Crippen molar-refractivity contribution < 1.29 is 33.3 Å². The van der Waals surface area contributed by atoms with Crippen molar-refractivity contribution in [1.29, 1.82) is 0 Å². The highest BCUT2D eigenvalue weighted by Crippen LogP contribution is 2.39. The van der Waals surface area contributed by atoms with E-state index in [1.54, 1.807) is 37.3 Å². The highest BCUT2D eigenvalue weighted by Gasteiger charge is 2.22. The Labute approximate surface area is 147 Å². The fraction of sp³-hybridized carbons (Fsp3) is 0.412. The van der Waals surface area contributed by atoms with Gasteiger partial charge in [0.1, 0.15) is 13.2 Å². The molecule has 0 aromatic heterocycles. The summed E-state index contributed by atoms with van der Waals surface area (Å²) in [6.07, 6.45) is -0.327. The van der Waals surface area contributed by atoms with Gasteiger partial charge < -0.3 is 19.1 Å². The number of benzene rings is 1. The van der Waals surface area contributed by atoms with Gasteiger partial charge in [-0.1, -0.05) is 24.8 Å². The summed E-state index contributed by atoms with van der Waals surface area (Å²) in [7, 11) is -3.56. The Bertz CT molecular complexity index is 627. The lowest BCUT2D eigenvalue weighted by Gasteiger charge is -2.11. The monoisotopic (exact) mass is 370 g/mol. The van der Waals surface area contributed by atoms with Crippen molar-refractivity contribution in [3.63, 3.8) is 0 Å². The maximum atomic E-state index is 12.1. The minimum Gasteiger partial charge on any atom is -0.463 e. The van der Waals surface area contributed by atoms with Gasteiger partial charge in [0.15, 0.2) is 0 Å². The molecule has 1 atom stereocenters. The van der Waals surface area contributed by atoms with Crippen molar-refractivity contribution in [2.45, 2.75) is 13.3 Å². The van der Waals surface area contributed by atoms with E-state index in [-0.39, 0.29) is 39.0 Å². The van der Waals surface area contributed by atoms with Crippen LogP contribution in [-0.2, 0) is 28.4 Å². The molecule has 0 heterocycles. The lowest BCUT2D eigenvalue weighted by Crippen LogP contribution is -2.16. The fourth-order valence-electron chi connectivity index (χ4n) is 1.74. The van der Waals surface area contributed by atoms with Gasteiger partial charge in [-0.05, 0) is 19.1 Å². The number of esters is 2. The van der Waals surface area contributed by atoms with Crippen molar-refractivity contribution >= 4 is 24.6 Å². The fourth-order valence-corrected chi connectivity index (χ4v) is 3.12. The topological polar surface area (TPSA) is 99.1 Å². The van der Waals surface area contributed by atoms with E-state index in [2.05, 4.69) is 6.58 Å². The largest absolute Gasteiger partial charge is 0.463 e. The summed E-state index contributed by atoms with van der Waals surface area (Å²) >= 11 is 0. The van der Waals surface area contributed by atoms with Gasteiger partial charge in [0, 0.05) is 17.0 Å². The van der Waals surface area contributed by atoms with E-state index in [1.165, 1.54) is 0 Å². The molecule has 0 aliphatic heterocycles. The van der Waals surface area contributed by atoms with Crippen molar-refractivity contribution in [3.05, 3.63) is 42.5 Å². The van der Waals surface area contributed by atoms with Crippen LogP contribution in [0.1, 0.15) is 13.3 Å². The zero-order valence-corrected chi connectivity index (χ0v) is 15.1. The molecule has 1 rings (SSSR count). The second-order valence-corrected chi connectivity index (χ2v) is 7.63. The summed E-state index contributed by atoms with van der Waals surface area (Å²) in [5.74, 6) is -1.05. The van der Waals surface area contributed by atoms with Crippen molar-refractivity contribution in [2.75, 3.05) is 32.6 Å². The standard InChI is InChI=1S/C17H23O7P/c1-14(2)17(19)24-12-10-22-9-11-23-16(18)8-13-25(20,21)15-6-4-3-5-7-15/h3-7H,1,8-13H2,2H3,(H,20,21). The zero-order chi connectivity index (χ0) is 18.7. The van der Waals surface area contributed by atoms with Crippen LogP contribution >= 0.6 is 7.37 Å². The first-order chi connectivity index (χ1) is 11.8. The van der Waals surface area contributed by atoms with Crippen molar-refractivity contribution in [2.24, 2.45) is 0 Å². The molecule has 0 amide bonds. The van der Waals surface area contributed by atoms with Gasteiger partial charge in [-0.3, -0.25) is 9.36 Å². The quantitative estimate of drug-likeness (QED) is 0.274. The van der Waals surface area contributed by atoms with Gasteiger partial charge in [-0.15, -0.1) is 0 Å². The molecule has 138 valence electrons. The first-order valence-corrected chi connectivity index (χ1v) is 9.61. The third kappa shape index (κ3) is 8.63. The molecule has 25 heavy (non-hydrogen) atoms. The maximum absolute atomic E-state index is 12.1. The van der Waals surface area contributed by atoms with E-state index >= 15 is 0 Å².